The molecule has 5 rings (SSSR count). The lowest BCUT2D eigenvalue weighted by atomic mass is 9.97. The van der Waals surface area contributed by atoms with Crippen LogP contribution in [-0.4, -0.2) is 34.6 Å². The second-order valence-electron chi connectivity index (χ2n) is 8.12. The molecule has 36 heavy (non-hydrogen) atoms. The molecule has 5 aromatic rings. The minimum Gasteiger partial charge on any atom is -0.480 e. The van der Waals surface area contributed by atoms with Crippen molar-refractivity contribution in [2.45, 2.75) is 6.42 Å². The van der Waals surface area contributed by atoms with Crippen molar-refractivity contribution >= 4 is 46.7 Å². The summed E-state index contributed by atoms with van der Waals surface area (Å²) in [5.74, 6) is 0.232. The molecule has 0 atom stereocenters. The van der Waals surface area contributed by atoms with Crippen LogP contribution in [0.25, 0.3) is 33.3 Å². The van der Waals surface area contributed by atoms with Gasteiger partial charge in [0.1, 0.15) is 0 Å². The van der Waals surface area contributed by atoms with E-state index in [1.807, 2.05) is 42.5 Å². The predicted molar refractivity (Wildman–Crippen MR) is 141 cm³/mol. The Morgan fingerprint density at radius 1 is 0.917 bits per heavy atom. The van der Waals surface area contributed by atoms with Crippen molar-refractivity contribution < 1.29 is 14.3 Å². The first kappa shape index (κ1) is 23.7. The molecule has 0 fully saturated rings. The van der Waals surface area contributed by atoms with Crippen LogP contribution >= 0.6 is 23.2 Å². The van der Waals surface area contributed by atoms with Gasteiger partial charge in [-0.05, 0) is 23.8 Å². The van der Waals surface area contributed by atoms with Crippen LogP contribution in [-0.2, 0) is 6.42 Å². The number of ether oxygens (including phenoxy) is 1. The van der Waals surface area contributed by atoms with E-state index >= 15 is 0 Å². The summed E-state index contributed by atoms with van der Waals surface area (Å²) < 4.78 is 5.25. The first-order valence-electron chi connectivity index (χ1n) is 11.0. The molecular formula is C28H19Cl2N3O3. The molecule has 6 nitrogen and oxygen atoms in total. The standard InChI is InChI=1S/C28H19Cl2N3O3/c1-36-28-17(14-34)8-9-24(33-28)22-7-3-6-21(27(22)30)20-5-2-4-16(26(20)29)10-19-11-25-23(13-31-19)18(15-35)12-32-25/h2-9,11-15,32H,10H2,1H3. The fraction of sp³-hybridized carbons (Fsp3) is 0.0714. The van der Waals surface area contributed by atoms with Crippen LogP contribution in [0.15, 0.2) is 67.0 Å². The van der Waals surface area contributed by atoms with E-state index in [0.29, 0.717) is 45.1 Å². The zero-order valence-corrected chi connectivity index (χ0v) is 20.6. The van der Waals surface area contributed by atoms with E-state index in [-0.39, 0.29) is 5.88 Å². The highest BCUT2D eigenvalue weighted by Crippen LogP contribution is 2.40. The molecular weight excluding hydrogens is 497 g/mol. The fourth-order valence-corrected chi connectivity index (χ4v) is 4.81. The van der Waals surface area contributed by atoms with E-state index in [2.05, 4.69) is 15.0 Å². The molecule has 0 aliphatic heterocycles. The number of nitrogens with zero attached hydrogens (tertiary/aromatic N) is 2. The van der Waals surface area contributed by atoms with Crippen molar-refractivity contribution in [2.24, 2.45) is 0 Å². The number of carbonyl (C=O) groups excluding carboxylic acids is 2. The summed E-state index contributed by atoms with van der Waals surface area (Å²) in [6.07, 6.45) is 5.37. The number of pyridine rings is 2. The maximum Gasteiger partial charge on any atom is 0.224 e. The van der Waals surface area contributed by atoms with Crippen molar-refractivity contribution in [1.82, 2.24) is 15.0 Å². The molecule has 0 saturated carbocycles. The van der Waals surface area contributed by atoms with Crippen LogP contribution in [0, 0.1) is 0 Å². The number of hydrogen-bond donors (Lipinski definition) is 1. The lowest BCUT2D eigenvalue weighted by molar-refractivity contribution is 0.111. The normalized spacial score (nSPS) is 11.0. The van der Waals surface area contributed by atoms with Crippen LogP contribution < -0.4 is 4.74 Å². The van der Waals surface area contributed by atoms with Crippen molar-refractivity contribution in [1.29, 1.82) is 0 Å². The number of aldehydes is 2. The highest BCUT2D eigenvalue weighted by Gasteiger charge is 2.17. The number of carbonyl (C=O) groups is 2. The Morgan fingerprint density at radius 2 is 1.64 bits per heavy atom. The number of methoxy groups -OCH3 is 1. The summed E-state index contributed by atoms with van der Waals surface area (Å²) >= 11 is 13.7. The van der Waals surface area contributed by atoms with Gasteiger partial charge in [0, 0.05) is 57.7 Å². The molecule has 178 valence electrons. The fourth-order valence-electron chi connectivity index (χ4n) is 4.19. The van der Waals surface area contributed by atoms with Crippen LogP contribution in [0.1, 0.15) is 32.0 Å². The minimum absolute atomic E-state index is 0.232. The Balaban J connectivity index is 1.52. The zero-order valence-electron chi connectivity index (χ0n) is 19.1. The van der Waals surface area contributed by atoms with Gasteiger partial charge in [-0.15, -0.1) is 0 Å². The molecule has 8 heteroatoms. The van der Waals surface area contributed by atoms with Gasteiger partial charge in [-0.25, -0.2) is 4.98 Å². The van der Waals surface area contributed by atoms with E-state index in [0.717, 1.165) is 39.6 Å². The van der Waals surface area contributed by atoms with Gasteiger partial charge >= 0.3 is 0 Å². The number of hydrogen-bond acceptors (Lipinski definition) is 5. The third kappa shape index (κ3) is 4.26. The average Bonchev–Trinajstić information content (AvgIpc) is 3.32. The number of rotatable bonds is 7. The highest BCUT2D eigenvalue weighted by molar-refractivity contribution is 6.38. The third-order valence-corrected chi connectivity index (χ3v) is 6.86. The summed E-state index contributed by atoms with van der Waals surface area (Å²) in [6, 6.07) is 16.7. The molecule has 0 aliphatic rings. The second-order valence-corrected chi connectivity index (χ2v) is 8.87. The Hall–Kier alpha value is -4.00. The summed E-state index contributed by atoms with van der Waals surface area (Å²) in [5.41, 5.74) is 6.28. The summed E-state index contributed by atoms with van der Waals surface area (Å²) in [5, 5.41) is 1.83. The summed E-state index contributed by atoms with van der Waals surface area (Å²) in [6.45, 7) is 0. The lowest BCUT2D eigenvalue weighted by Gasteiger charge is -2.14. The SMILES string of the molecule is COc1nc(-c2cccc(-c3cccc(Cc4cc5[nH]cc(C=O)c5cn4)c3Cl)c2Cl)ccc1C=O. The molecule has 0 spiro atoms. The molecule has 0 unspecified atom stereocenters. The van der Waals surface area contributed by atoms with Crippen molar-refractivity contribution in [3.63, 3.8) is 0 Å². The van der Waals surface area contributed by atoms with Crippen LogP contribution in [0.2, 0.25) is 10.0 Å². The number of halogens is 2. The minimum atomic E-state index is 0.232. The Labute approximate surface area is 216 Å². The maximum atomic E-state index is 11.2. The molecule has 0 radical (unpaired) electrons. The van der Waals surface area contributed by atoms with E-state index in [9.17, 15) is 9.59 Å². The Morgan fingerprint density at radius 3 is 2.39 bits per heavy atom. The van der Waals surface area contributed by atoms with Crippen molar-refractivity contribution in [3.05, 3.63) is 99.4 Å². The number of nitrogens with one attached hydrogen (secondary N) is 1. The molecule has 0 bridgehead atoms. The number of fused-ring (bicyclic) bond motifs is 1. The number of aromatic amines is 1. The third-order valence-electron chi connectivity index (χ3n) is 6.01. The molecule has 3 heterocycles. The molecule has 2 aromatic carbocycles. The zero-order chi connectivity index (χ0) is 25.2. The van der Waals surface area contributed by atoms with E-state index < -0.39 is 0 Å². The quantitative estimate of drug-likeness (QED) is 0.240. The lowest BCUT2D eigenvalue weighted by Crippen LogP contribution is -1.97. The van der Waals surface area contributed by atoms with E-state index in [4.69, 9.17) is 27.9 Å². The van der Waals surface area contributed by atoms with Gasteiger partial charge in [0.25, 0.3) is 0 Å². The Kier molecular flexibility index (Phi) is 6.55. The van der Waals surface area contributed by atoms with Gasteiger partial charge < -0.3 is 9.72 Å². The second kappa shape index (κ2) is 9.93. The summed E-state index contributed by atoms with van der Waals surface area (Å²) in [7, 11) is 1.46. The van der Waals surface area contributed by atoms with E-state index in [1.54, 1.807) is 24.5 Å². The molecule has 0 aliphatic carbocycles. The van der Waals surface area contributed by atoms with E-state index in [1.165, 1.54) is 7.11 Å². The number of benzene rings is 2. The predicted octanol–water partition coefficient (Wildman–Crippen LogP) is 6.82. The van der Waals surface area contributed by atoms with Crippen LogP contribution in [0.5, 0.6) is 5.88 Å². The van der Waals surface area contributed by atoms with Crippen LogP contribution in [0.3, 0.4) is 0 Å². The van der Waals surface area contributed by atoms with Gasteiger partial charge in [-0.1, -0.05) is 59.6 Å². The number of aromatic nitrogens is 3. The van der Waals surface area contributed by atoms with Gasteiger partial charge in [-0.2, -0.15) is 0 Å². The highest BCUT2D eigenvalue weighted by atomic mass is 35.5. The largest absolute Gasteiger partial charge is 0.480 e. The van der Waals surface area contributed by atoms with Crippen molar-refractivity contribution in [2.75, 3.05) is 7.11 Å². The van der Waals surface area contributed by atoms with Crippen molar-refractivity contribution in [3.8, 4) is 28.3 Å². The monoisotopic (exact) mass is 515 g/mol. The first-order chi connectivity index (χ1) is 17.5. The molecule has 0 amide bonds. The average molecular weight is 516 g/mol. The first-order valence-corrected chi connectivity index (χ1v) is 11.8. The van der Waals surface area contributed by atoms with Gasteiger partial charge in [0.05, 0.1) is 28.4 Å². The maximum absolute atomic E-state index is 11.2. The molecule has 3 aromatic heterocycles. The number of H-pyrrole nitrogens is 1. The summed E-state index contributed by atoms with van der Waals surface area (Å²) in [4.78, 5) is 34.5. The molecule has 1 N–H and O–H groups in total. The van der Waals surface area contributed by atoms with Gasteiger partial charge in [0.15, 0.2) is 12.6 Å². The van der Waals surface area contributed by atoms with Gasteiger partial charge in [-0.3, -0.25) is 14.6 Å². The van der Waals surface area contributed by atoms with Crippen LogP contribution in [0.4, 0.5) is 0 Å². The molecule has 0 saturated heterocycles. The van der Waals surface area contributed by atoms with Gasteiger partial charge in [0.2, 0.25) is 5.88 Å². The topological polar surface area (TPSA) is 84.9 Å². The Bertz CT molecular complexity index is 1630. The smallest absolute Gasteiger partial charge is 0.224 e.